The largest absolute Gasteiger partial charge is 0.480 e. The van der Waals surface area contributed by atoms with Gasteiger partial charge in [0.1, 0.15) is 23.6 Å². The predicted molar refractivity (Wildman–Crippen MR) is 160 cm³/mol. The first kappa shape index (κ1) is 30.6. The van der Waals surface area contributed by atoms with Crippen molar-refractivity contribution in [1.29, 1.82) is 0 Å². The number of aromatic nitrogens is 4. The van der Waals surface area contributed by atoms with Crippen LogP contribution in [0.15, 0.2) is 48.9 Å². The average Bonchev–Trinajstić information content (AvgIpc) is 3.58. The highest BCUT2D eigenvalue weighted by molar-refractivity contribution is 6.30. The van der Waals surface area contributed by atoms with Crippen LogP contribution < -0.4 is 15.8 Å². The standard InChI is InChI=1S/C30H30ClF3N8O3/c1-45-28-21(27(43)39-23-15-41(14-22(23)32)29(44)17-2-4-20(31)5-3-17)10-18(12-36-28)24-11-19(25-26(35)37-16-38-42(24)25)13-40-8-6-30(33,34)7-9-40/h2-5,10-12,16,22-23H,6-9,13-15H2,1H3,(H,39,43)(H2,35,37,38)/t22-,23+/m0/s1. The lowest BCUT2D eigenvalue weighted by molar-refractivity contribution is -0.0565. The molecule has 236 valence electrons. The molecule has 5 heterocycles. The molecule has 11 nitrogen and oxygen atoms in total. The summed E-state index contributed by atoms with van der Waals surface area (Å²) in [5.74, 6) is -3.46. The van der Waals surface area contributed by atoms with Gasteiger partial charge < -0.3 is 20.7 Å². The Balaban J connectivity index is 1.25. The third kappa shape index (κ3) is 6.25. The van der Waals surface area contributed by atoms with Crippen molar-refractivity contribution in [3.8, 4) is 17.1 Å². The van der Waals surface area contributed by atoms with Gasteiger partial charge in [0.15, 0.2) is 5.82 Å². The number of likely N-dealkylation sites (tertiary alicyclic amines) is 2. The van der Waals surface area contributed by atoms with Crippen molar-refractivity contribution in [3.63, 3.8) is 0 Å². The smallest absolute Gasteiger partial charge is 0.257 e. The van der Waals surface area contributed by atoms with Crippen LogP contribution in [0.3, 0.4) is 0 Å². The van der Waals surface area contributed by atoms with Crippen LogP contribution >= 0.6 is 11.6 Å². The van der Waals surface area contributed by atoms with Crippen LogP contribution in [0.5, 0.6) is 5.88 Å². The maximum absolute atomic E-state index is 15.1. The zero-order valence-corrected chi connectivity index (χ0v) is 25.0. The lowest BCUT2D eigenvalue weighted by Crippen LogP contribution is -2.42. The van der Waals surface area contributed by atoms with Gasteiger partial charge in [0, 0.05) is 61.4 Å². The van der Waals surface area contributed by atoms with Crippen molar-refractivity contribution in [1.82, 2.24) is 34.7 Å². The van der Waals surface area contributed by atoms with Gasteiger partial charge in [-0.15, -0.1) is 0 Å². The van der Waals surface area contributed by atoms with Gasteiger partial charge in [-0.2, -0.15) is 5.10 Å². The molecule has 0 unspecified atom stereocenters. The number of fused-ring (bicyclic) bond motifs is 1. The molecule has 1 aromatic carbocycles. The number of anilines is 1. The van der Waals surface area contributed by atoms with Gasteiger partial charge in [-0.05, 0) is 42.0 Å². The summed E-state index contributed by atoms with van der Waals surface area (Å²) < 4.78 is 49.5. The summed E-state index contributed by atoms with van der Waals surface area (Å²) in [5.41, 5.74) is 8.88. The minimum atomic E-state index is -2.68. The quantitative estimate of drug-likeness (QED) is 0.311. The third-order valence-corrected chi connectivity index (χ3v) is 8.42. The number of nitrogens with two attached hydrogens (primary N) is 1. The van der Waals surface area contributed by atoms with Crippen LogP contribution in [0.25, 0.3) is 16.8 Å². The molecule has 3 aromatic heterocycles. The summed E-state index contributed by atoms with van der Waals surface area (Å²) in [4.78, 5) is 38.1. The number of nitrogen functional groups attached to an aromatic ring is 1. The Morgan fingerprint density at radius 2 is 1.87 bits per heavy atom. The van der Waals surface area contributed by atoms with Crippen LogP contribution in [0, 0.1) is 0 Å². The fourth-order valence-electron chi connectivity index (χ4n) is 5.75. The van der Waals surface area contributed by atoms with E-state index in [4.69, 9.17) is 22.1 Å². The Hall–Kier alpha value is -4.43. The van der Waals surface area contributed by atoms with Crippen molar-refractivity contribution in [2.45, 2.75) is 37.5 Å². The minimum Gasteiger partial charge on any atom is -0.480 e. The van der Waals surface area contributed by atoms with Crippen LogP contribution in [0.4, 0.5) is 19.0 Å². The highest BCUT2D eigenvalue weighted by Crippen LogP contribution is 2.33. The number of hydrogen-bond donors (Lipinski definition) is 2. The number of piperidine rings is 1. The molecule has 2 aliphatic heterocycles. The van der Waals surface area contributed by atoms with E-state index in [-0.39, 0.29) is 62.2 Å². The summed E-state index contributed by atoms with van der Waals surface area (Å²) in [7, 11) is 1.36. The van der Waals surface area contributed by atoms with Crippen LogP contribution in [0.1, 0.15) is 39.1 Å². The molecule has 6 rings (SSSR count). The molecule has 0 saturated carbocycles. The first-order valence-corrected chi connectivity index (χ1v) is 14.7. The Morgan fingerprint density at radius 3 is 2.58 bits per heavy atom. The first-order valence-electron chi connectivity index (χ1n) is 14.3. The molecule has 2 amide bonds. The number of halogens is 4. The highest BCUT2D eigenvalue weighted by atomic mass is 35.5. The van der Waals surface area contributed by atoms with E-state index in [1.807, 2.05) is 11.0 Å². The molecule has 15 heteroatoms. The molecule has 45 heavy (non-hydrogen) atoms. The van der Waals surface area contributed by atoms with E-state index in [9.17, 15) is 18.4 Å². The summed E-state index contributed by atoms with van der Waals surface area (Å²) in [6.45, 7) is 0.576. The zero-order valence-electron chi connectivity index (χ0n) is 24.2. The minimum absolute atomic E-state index is 0.0169. The number of hydrogen-bond acceptors (Lipinski definition) is 8. The summed E-state index contributed by atoms with van der Waals surface area (Å²) in [5, 5.41) is 7.51. The number of nitrogens with one attached hydrogen (secondary N) is 1. The maximum Gasteiger partial charge on any atom is 0.257 e. The molecule has 0 bridgehead atoms. The zero-order chi connectivity index (χ0) is 31.9. The monoisotopic (exact) mass is 642 g/mol. The second-order valence-corrected chi connectivity index (χ2v) is 11.6. The van der Waals surface area contributed by atoms with Crippen LogP contribution in [-0.2, 0) is 6.54 Å². The summed E-state index contributed by atoms with van der Waals surface area (Å²) in [6.07, 6.45) is 0.832. The molecule has 2 fully saturated rings. The van der Waals surface area contributed by atoms with Crippen molar-refractivity contribution < 1.29 is 27.5 Å². The summed E-state index contributed by atoms with van der Waals surface area (Å²) in [6, 6.07) is 8.68. The fourth-order valence-corrected chi connectivity index (χ4v) is 5.88. The van der Waals surface area contributed by atoms with Crippen molar-refractivity contribution in [2.24, 2.45) is 0 Å². The van der Waals surface area contributed by atoms with E-state index in [0.717, 1.165) is 5.56 Å². The van der Waals surface area contributed by atoms with Gasteiger partial charge in [0.05, 0.1) is 25.4 Å². The second kappa shape index (κ2) is 12.2. The van der Waals surface area contributed by atoms with Gasteiger partial charge in [0.2, 0.25) is 5.88 Å². The van der Waals surface area contributed by atoms with Crippen LogP contribution in [0.2, 0.25) is 5.02 Å². The molecule has 4 aromatic rings. The average molecular weight is 643 g/mol. The van der Waals surface area contributed by atoms with E-state index >= 15 is 4.39 Å². The van der Waals surface area contributed by atoms with Gasteiger partial charge in [-0.3, -0.25) is 14.5 Å². The van der Waals surface area contributed by atoms with Crippen molar-refractivity contribution >= 4 is 34.7 Å². The number of rotatable bonds is 7. The lowest BCUT2D eigenvalue weighted by Gasteiger charge is -2.31. The fraction of sp³-hybridized carbons (Fsp3) is 0.367. The molecular formula is C30H30ClF3N8O3. The predicted octanol–water partition coefficient (Wildman–Crippen LogP) is 3.86. The maximum atomic E-state index is 15.1. The van der Waals surface area contributed by atoms with E-state index in [1.165, 1.54) is 24.5 Å². The SMILES string of the molecule is COc1ncc(-c2cc(CN3CCC(F)(F)CC3)c3c(N)ncnn23)cc1C(=O)N[C@@H]1CN(C(=O)c2ccc(Cl)cc2)C[C@@H]1F. The number of methoxy groups -OCH3 is 1. The number of alkyl halides is 3. The number of pyridine rings is 1. The van der Waals surface area contributed by atoms with Crippen molar-refractivity contribution in [2.75, 3.05) is 39.0 Å². The Labute approximate surface area is 261 Å². The van der Waals surface area contributed by atoms with Gasteiger partial charge in [-0.1, -0.05) is 11.6 Å². The van der Waals surface area contributed by atoms with E-state index in [2.05, 4.69) is 20.4 Å². The number of benzene rings is 1. The number of carbonyl (C=O) groups excluding carboxylic acids is 2. The van der Waals surface area contributed by atoms with Crippen molar-refractivity contribution in [3.05, 3.63) is 70.6 Å². The number of amides is 2. The van der Waals surface area contributed by atoms with Gasteiger partial charge >= 0.3 is 0 Å². The molecular weight excluding hydrogens is 613 g/mol. The highest BCUT2D eigenvalue weighted by Gasteiger charge is 2.38. The Morgan fingerprint density at radius 1 is 1.13 bits per heavy atom. The first-order chi connectivity index (χ1) is 21.5. The normalized spacial score (nSPS) is 20.0. The topological polar surface area (TPSA) is 131 Å². The van der Waals surface area contributed by atoms with Crippen LogP contribution in [-0.4, -0.2) is 92.6 Å². The molecule has 2 aliphatic rings. The number of ether oxygens (including phenoxy) is 1. The lowest BCUT2D eigenvalue weighted by atomic mass is 10.1. The Kier molecular flexibility index (Phi) is 8.27. The summed E-state index contributed by atoms with van der Waals surface area (Å²) >= 11 is 5.91. The van der Waals surface area contributed by atoms with E-state index in [1.54, 1.807) is 34.8 Å². The molecule has 2 saturated heterocycles. The van der Waals surface area contributed by atoms with E-state index in [0.29, 0.717) is 33.9 Å². The van der Waals surface area contributed by atoms with E-state index < -0.39 is 24.0 Å². The Bertz CT molecular complexity index is 1740. The molecule has 2 atom stereocenters. The molecule has 0 aliphatic carbocycles. The third-order valence-electron chi connectivity index (χ3n) is 8.17. The molecule has 3 N–H and O–H groups in total. The molecule has 0 radical (unpaired) electrons. The molecule has 0 spiro atoms. The second-order valence-electron chi connectivity index (χ2n) is 11.2. The van der Waals surface area contributed by atoms with Gasteiger partial charge in [0.25, 0.3) is 17.7 Å². The number of nitrogens with zero attached hydrogens (tertiary/aromatic N) is 6. The number of carbonyl (C=O) groups is 2. The van der Waals surface area contributed by atoms with Gasteiger partial charge in [-0.25, -0.2) is 27.7 Å².